The number of carbonyl (C=O) groups is 2. The van der Waals surface area contributed by atoms with Crippen molar-refractivity contribution in [3.05, 3.63) is 102 Å². The zero-order chi connectivity index (χ0) is 27.1. The second-order valence-corrected chi connectivity index (χ2v) is 9.72. The Morgan fingerprint density at radius 2 is 1.69 bits per heavy atom. The number of hydrogen-bond donors (Lipinski definition) is 3. The van der Waals surface area contributed by atoms with Crippen LogP contribution < -0.4 is 10.6 Å². The molecule has 194 valence electrons. The third-order valence-electron chi connectivity index (χ3n) is 7.14. The monoisotopic (exact) mass is 520 g/mol. The number of halogens is 1. The van der Waals surface area contributed by atoms with E-state index in [0.717, 1.165) is 29.5 Å². The summed E-state index contributed by atoms with van der Waals surface area (Å²) in [7, 11) is 1.56. The highest BCUT2D eigenvalue weighted by Gasteiger charge is 2.48. The van der Waals surface area contributed by atoms with E-state index in [0.29, 0.717) is 39.2 Å². The number of nitrogens with zero attached hydrogens (tertiary/aromatic N) is 3. The molecular formula is C30H25FN6O2. The number of H-pyrrole nitrogens is 1. The van der Waals surface area contributed by atoms with Gasteiger partial charge in [-0.2, -0.15) is 0 Å². The van der Waals surface area contributed by atoms with Gasteiger partial charge in [0.05, 0.1) is 11.3 Å². The van der Waals surface area contributed by atoms with Crippen molar-refractivity contribution in [2.75, 3.05) is 7.05 Å². The van der Waals surface area contributed by atoms with Crippen molar-refractivity contribution in [2.24, 2.45) is 0 Å². The van der Waals surface area contributed by atoms with Gasteiger partial charge in [0.25, 0.3) is 11.8 Å². The van der Waals surface area contributed by atoms with Crippen LogP contribution in [0.25, 0.3) is 33.4 Å². The molecular weight excluding hydrogens is 495 g/mol. The maximum absolute atomic E-state index is 13.5. The number of aryl methyl sites for hydroxylation is 1. The van der Waals surface area contributed by atoms with Crippen molar-refractivity contribution in [1.29, 1.82) is 0 Å². The summed E-state index contributed by atoms with van der Waals surface area (Å²) in [4.78, 5) is 42.7. The number of amides is 2. The van der Waals surface area contributed by atoms with Gasteiger partial charge in [-0.05, 0) is 85.0 Å². The summed E-state index contributed by atoms with van der Waals surface area (Å²) >= 11 is 0. The van der Waals surface area contributed by atoms with Crippen LogP contribution in [-0.4, -0.2) is 38.8 Å². The van der Waals surface area contributed by atoms with E-state index >= 15 is 0 Å². The predicted molar refractivity (Wildman–Crippen MR) is 145 cm³/mol. The highest BCUT2D eigenvalue weighted by molar-refractivity contribution is 6.12. The van der Waals surface area contributed by atoms with Gasteiger partial charge < -0.3 is 15.6 Å². The number of pyridine rings is 1. The Kier molecular flexibility index (Phi) is 5.91. The highest BCUT2D eigenvalue weighted by Crippen LogP contribution is 2.44. The molecule has 8 nitrogen and oxygen atoms in total. The molecule has 6 rings (SSSR count). The Morgan fingerprint density at radius 1 is 0.949 bits per heavy atom. The quantitative estimate of drug-likeness (QED) is 0.294. The Bertz CT molecular complexity index is 1730. The molecule has 1 saturated carbocycles. The molecule has 0 unspecified atom stereocenters. The lowest BCUT2D eigenvalue weighted by molar-refractivity contribution is 0.0927. The average molecular weight is 521 g/mol. The van der Waals surface area contributed by atoms with Crippen LogP contribution in [0, 0.1) is 12.7 Å². The van der Waals surface area contributed by atoms with Crippen LogP contribution in [0.4, 0.5) is 4.39 Å². The number of nitrogens with one attached hydrogen (secondary N) is 3. The zero-order valence-electron chi connectivity index (χ0n) is 21.4. The normalized spacial score (nSPS) is 13.7. The van der Waals surface area contributed by atoms with E-state index in [1.807, 2.05) is 25.1 Å². The maximum Gasteiger partial charge on any atom is 0.253 e. The predicted octanol–water partition coefficient (Wildman–Crippen LogP) is 4.91. The molecule has 39 heavy (non-hydrogen) atoms. The topological polar surface area (TPSA) is 113 Å². The molecule has 0 saturated heterocycles. The SMILES string of the molecule is CNC(=O)c1c(-c2ccc(F)cc2)[nH]c2ncc(-c3cc(C(=O)NC4(c5ncccn5)CC4)ccc3C)cc12. The van der Waals surface area contributed by atoms with Gasteiger partial charge in [-0.1, -0.05) is 6.07 Å². The van der Waals surface area contributed by atoms with E-state index in [9.17, 15) is 14.0 Å². The van der Waals surface area contributed by atoms with E-state index in [1.54, 1.807) is 49.9 Å². The minimum Gasteiger partial charge on any atom is -0.355 e. The van der Waals surface area contributed by atoms with Crippen LogP contribution in [0.15, 0.2) is 73.2 Å². The van der Waals surface area contributed by atoms with Crippen molar-refractivity contribution in [3.63, 3.8) is 0 Å². The van der Waals surface area contributed by atoms with Crippen LogP contribution in [-0.2, 0) is 5.54 Å². The third kappa shape index (κ3) is 4.41. The fourth-order valence-corrected chi connectivity index (χ4v) is 4.85. The Balaban J connectivity index is 1.39. The maximum atomic E-state index is 13.5. The number of aromatic nitrogens is 4. The molecule has 0 atom stereocenters. The first-order valence-corrected chi connectivity index (χ1v) is 12.6. The first-order chi connectivity index (χ1) is 18.9. The van der Waals surface area contributed by atoms with Gasteiger partial charge in [0.1, 0.15) is 17.0 Å². The van der Waals surface area contributed by atoms with Crippen molar-refractivity contribution in [3.8, 4) is 22.4 Å². The first-order valence-electron chi connectivity index (χ1n) is 12.6. The van der Waals surface area contributed by atoms with Crippen LogP contribution in [0.5, 0.6) is 0 Å². The summed E-state index contributed by atoms with van der Waals surface area (Å²) < 4.78 is 13.5. The van der Waals surface area contributed by atoms with E-state index in [-0.39, 0.29) is 17.6 Å². The lowest BCUT2D eigenvalue weighted by atomic mass is 9.97. The van der Waals surface area contributed by atoms with Crippen LogP contribution in [0.3, 0.4) is 0 Å². The molecule has 9 heteroatoms. The standard InChI is InChI=1S/C30H25FN6O2/c1-17-4-5-19(27(38)37-30(10-11-30)29-33-12-3-13-34-29)14-22(17)20-15-23-24(28(39)32-2)25(36-26(23)35-16-20)18-6-8-21(31)9-7-18/h3-9,12-16H,10-11H2,1-2H3,(H,32,39)(H,35,36)(H,37,38). The summed E-state index contributed by atoms with van der Waals surface area (Å²) in [5, 5.41) is 6.44. The Labute approximate surface area is 223 Å². The zero-order valence-corrected chi connectivity index (χ0v) is 21.4. The van der Waals surface area contributed by atoms with E-state index in [1.165, 1.54) is 12.1 Å². The summed E-state index contributed by atoms with van der Waals surface area (Å²) in [6.45, 7) is 1.96. The van der Waals surface area contributed by atoms with Crippen molar-refractivity contribution >= 4 is 22.8 Å². The minimum atomic E-state index is -0.534. The summed E-state index contributed by atoms with van der Waals surface area (Å²) in [6.07, 6.45) is 6.64. The number of benzene rings is 2. The van der Waals surface area contributed by atoms with Gasteiger partial charge in [0.15, 0.2) is 5.82 Å². The van der Waals surface area contributed by atoms with Gasteiger partial charge in [0.2, 0.25) is 0 Å². The van der Waals surface area contributed by atoms with E-state index < -0.39 is 5.54 Å². The minimum absolute atomic E-state index is 0.207. The second-order valence-electron chi connectivity index (χ2n) is 9.72. The molecule has 2 aromatic carbocycles. The average Bonchev–Trinajstić information content (AvgIpc) is 3.65. The van der Waals surface area contributed by atoms with Crippen molar-refractivity contribution in [2.45, 2.75) is 25.3 Å². The molecule has 0 radical (unpaired) electrons. The molecule has 1 aliphatic carbocycles. The lowest BCUT2D eigenvalue weighted by Crippen LogP contribution is -2.36. The number of carbonyl (C=O) groups excluding carboxylic acids is 2. The second kappa shape index (κ2) is 9.43. The molecule has 3 heterocycles. The molecule has 3 N–H and O–H groups in total. The lowest BCUT2D eigenvalue weighted by Gasteiger charge is -2.16. The Morgan fingerprint density at radius 3 is 2.38 bits per heavy atom. The number of hydrogen-bond acceptors (Lipinski definition) is 5. The largest absolute Gasteiger partial charge is 0.355 e. The van der Waals surface area contributed by atoms with Gasteiger partial charge in [-0.15, -0.1) is 0 Å². The fourth-order valence-electron chi connectivity index (χ4n) is 4.85. The molecule has 1 aliphatic rings. The van der Waals surface area contributed by atoms with Crippen molar-refractivity contribution < 1.29 is 14.0 Å². The van der Waals surface area contributed by atoms with Crippen LogP contribution in [0.1, 0.15) is 44.9 Å². The molecule has 0 aliphatic heterocycles. The molecule has 5 aromatic rings. The molecule has 3 aromatic heterocycles. The summed E-state index contributed by atoms with van der Waals surface area (Å²) in [5.41, 5.74) is 4.68. The van der Waals surface area contributed by atoms with E-state index in [4.69, 9.17) is 0 Å². The summed E-state index contributed by atoms with van der Waals surface area (Å²) in [5.74, 6) is -0.240. The van der Waals surface area contributed by atoms with Gasteiger partial charge in [0, 0.05) is 42.2 Å². The molecule has 0 spiro atoms. The highest BCUT2D eigenvalue weighted by atomic mass is 19.1. The number of fused-ring (bicyclic) bond motifs is 1. The van der Waals surface area contributed by atoms with Crippen LogP contribution in [0.2, 0.25) is 0 Å². The number of aromatic amines is 1. The first kappa shape index (κ1) is 24.4. The van der Waals surface area contributed by atoms with Crippen molar-refractivity contribution in [1.82, 2.24) is 30.6 Å². The number of rotatable bonds is 6. The van der Waals surface area contributed by atoms with Gasteiger partial charge in [-0.3, -0.25) is 9.59 Å². The summed E-state index contributed by atoms with van der Waals surface area (Å²) in [6, 6.07) is 15.1. The Hall–Kier alpha value is -4.92. The molecule has 1 fully saturated rings. The van der Waals surface area contributed by atoms with Gasteiger partial charge in [-0.25, -0.2) is 19.3 Å². The smallest absolute Gasteiger partial charge is 0.253 e. The van der Waals surface area contributed by atoms with Gasteiger partial charge >= 0.3 is 0 Å². The molecule has 0 bridgehead atoms. The molecule has 2 amide bonds. The van der Waals surface area contributed by atoms with E-state index in [2.05, 4.69) is 30.6 Å². The third-order valence-corrected chi connectivity index (χ3v) is 7.14. The van der Waals surface area contributed by atoms with Crippen LogP contribution >= 0.6 is 0 Å². The fraction of sp³-hybridized carbons (Fsp3) is 0.167.